The maximum absolute atomic E-state index is 4.31. The molecule has 0 radical (unpaired) electrons. The Balaban J connectivity index is 1.64. The lowest BCUT2D eigenvalue weighted by Gasteiger charge is -2.34. The lowest BCUT2D eigenvalue weighted by molar-refractivity contribution is 0.313. The van der Waals surface area contributed by atoms with E-state index >= 15 is 0 Å². The van der Waals surface area contributed by atoms with Crippen LogP contribution in [-0.4, -0.2) is 53.6 Å². The van der Waals surface area contributed by atoms with E-state index in [4.69, 9.17) is 0 Å². The summed E-state index contributed by atoms with van der Waals surface area (Å²) in [5.74, 6) is 1.60. The first-order valence-corrected chi connectivity index (χ1v) is 8.80. The number of nitrogens with one attached hydrogen (secondary N) is 2. The zero-order chi connectivity index (χ0) is 17.9. The van der Waals surface area contributed by atoms with E-state index < -0.39 is 0 Å². The van der Waals surface area contributed by atoms with E-state index in [-0.39, 0.29) is 5.54 Å². The molecular weight excluding hydrogens is 312 g/mol. The van der Waals surface area contributed by atoms with Crippen molar-refractivity contribution in [2.45, 2.75) is 26.3 Å². The summed E-state index contributed by atoms with van der Waals surface area (Å²) < 4.78 is 0. The second-order valence-corrected chi connectivity index (χ2v) is 7.63. The van der Waals surface area contributed by atoms with Crippen LogP contribution in [0.15, 0.2) is 36.7 Å². The summed E-state index contributed by atoms with van der Waals surface area (Å²) in [7, 11) is 2.18. The lowest BCUT2D eigenvalue weighted by Crippen LogP contribution is -2.44. The molecule has 2 heterocycles. The summed E-state index contributed by atoms with van der Waals surface area (Å²) in [6.45, 7) is 10.7. The first kappa shape index (κ1) is 17.5. The van der Waals surface area contributed by atoms with E-state index in [1.165, 1.54) is 5.69 Å². The first-order chi connectivity index (χ1) is 11.9. The Kier molecular flexibility index (Phi) is 5.08. The highest BCUT2D eigenvalue weighted by molar-refractivity contribution is 5.62. The number of hydrogen-bond acceptors (Lipinski definition) is 6. The normalized spacial score (nSPS) is 15.9. The molecule has 1 saturated heterocycles. The Morgan fingerprint density at radius 2 is 1.56 bits per heavy atom. The average Bonchev–Trinajstić information content (AvgIpc) is 2.55. The van der Waals surface area contributed by atoms with E-state index in [2.05, 4.69) is 82.5 Å². The van der Waals surface area contributed by atoms with E-state index in [0.29, 0.717) is 0 Å². The summed E-state index contributed by atoms with van der Waals surface area (Å²) in [4.78, 5) is 13.4. The van der Waals surface area contributed by atoms with Crippen molar-refractivity contribution in [3.63, 3.8) is 0 Å². The predicted octanol–water partition coefficient (Wildman–Crippen LogP) is 3.18. The summed E-state index contributed by atoms with van der Waals surface area (Å²) >= 11 is 0. The summed E-state index contributed by atoms with van der Waals surface area (Å²) in [6.07, 6.45) is 1.58. The van der Waals surface area contributed by atoms with Crippen molar-refractivity contribution in [1.82, 2.24) is 14.9 Å². The molecule has 1 aliphatic heterocycles. The number of anilines is 4. The fourth-order valence-corrected chi connectivity index (χ4v) is 2.85. The molecule has 6 nitrogen and oxygen atoms in total. The summed E-state index contributed by atoms with van der Waals surface area (Å²) in [5.41, 5.74) is 2.27. The van der Waals surface area contributed by atoms with Crippen molar-refractivity contribution in [2.24, 2.45) is 0 Å². The van der Waals surface area contributed by atoms with Gasteiger partial charge in [-0.05, 0) is 52.1 Å². The minimum absolute atomic E-state index is 0.0320. The molecular formula is C19H28N6. The number of hydrogen-bond donors (Lipinski definition) is 2. The van der Waals surface area contributed by atoms with Gasteiger partial charge in [0, 0.05) is 49.2 Å². The van der Waals surface area contributed by atoms with E-state index in [1.807, 2.05) is 6.07 Å². The molecule has 2 N–H and O–H groups in total. The minimum Gasteiger partial charge on any atom is -0.369 e. The van der Waals surface area contributed by atoms with Crippen LogP contribution in [0, 0.1) is 0 Å². The highest BCUT2D eigenvalue weighted by Crippen LogP contribution is 2.22. The summed E-state index contributed by atoms with van der Waals surface area (Å²) in [5, 5.41) is 6.71. The van der Waals surface area contributed by atoms with E-state index in [9.17, 15) is 0 Å². The van der Waals surface area contributed by atoms with Gasteiger partial charge < -0.3 is 20.4 Å². The number of nitrogens with zero attached hydrogens (tertiary/aromatic N) is 4. The van der Waals surface area contributed by atoms with Gasteiger partial charge in [-0.3, -0.25) is 0 Å². The Labute approximate surface area is 150 Å². The zero-order valence-corrected chi connectivity index (χ0v) is 15.6. The third-order valence-electron chi connectivity index (χ3n) is 4.18. The van der Waals surface area contributed by atoms with Gasteiger partial charge in [0.25, 0.3) is 0 Å². The Hall–Kier alpha value is -2.34. The molecule has 0 saturated carbocycles. The largest absolute Gasteiger partial charge is 0.369 e. The highest BCUT2D eigenvalue weighted by atomic mass is 15.2. The first-order valence-electron chi connectivity index (χ1n) is 8.80. The molecule has 134 valence electrons. The van der Waals surface area contributed by atoms with Crippen LogP contribution in [0.3, 0.4) is 0 Å². The van der Waals surface area contributed by atoms with Crippen molar-refractivity contribution >= 4 is 23.0 Å². The fourth-order valence-electron chi connectivity index (χ4n) is 2.85. The second-order valence-electron chi connectivity index (χ2n) is 7.63. The van der Waals surface area contributed by atoms with Crippen LogP contribution in [0.5, 0.6) is 0 Å². The van der Waals surface area contributed by atoms with Crippen LogP contribution in [0.2, 0.25) is 0 Å². The van der Waals surface area contributed by atoms with E-state index in [0.717, 1.165) is 43.5 Å². The fraction of sp³-hybridized carbons (Fsp3) is 0.474. The number of piperazine rings is 1. The molecule has 2 aromatic rings. The smallest absolute Gasteiger partial charge is 0.135 e. The van der Waals surface area contributed by atoms with Crippen molar-refractivity contribution in [3.8, 4) is 0 Å². The molecule has 1 aromatic heterocycles. The number of benzene rings is 1. The van der Waals surface area contributed by atoms with Crippen molar-refractivity contribution in [1.29, 1.82) is 0 Å². The number of likely N-dealkylation sites (N-methyl/N-ethyl adjacent to an activating group) is 1. The molecule has 6 heteroatoms. The average molecular weight is 340 g/mol. The van der Waals surface area contributed by atoms with Gasteiger partial charge in [-0.25, -0.2) is 9.97 Å². The maximum atomic E-state index is 4.31. The van der Waals surface area contributed by atoms with Crippen LogP contribution in [-0.2, 0) is 0 Å². The van der Waals surface area contributed by atoms with E-state index in [1.54, 1.807) is 6.33 Å². The zero-order valence-electron chi connectivity index (χ0n) is 15.6. The van der Waals surface area contributed by atoms with Crippen molar-refractivity contribution < 1.29 is 0 Å². The van der Waals surface area contributed by atoms with Gasteiger partial charge in [0.15, 0.2) is 0 Å². The van der Waals surface area contributed by atoms with Gasteiger partial charge >= 0.3 is 0 Å². The number of aromatic nitrogens is 2. The Bertz CT molecular complexity index is 684. The third-order valence-corrected chi connectivity index (χ3v) is 4.18. The van der Waals surface area contributed by atoms with Gasteiger partial charge in [0.1, 0.15) is 18.0 Å². The molecule has 0 unspecified atom stereocenters. The maximum Gasteiger partial charge on any atom is 0.135 e. The molecule has 0 atom stereocenters. The third kappa shape index (κ3) is 5.06. The quantitative estimate of drug-likeness (QED) is 0.891. The van der Waals surface area contributed by atoms with Gasteiger partial charge in [0.2, 0.25) is 0 Å². The minimum atomic E-state index is -0.0320. The van der Waals surface area contributed by atoms with Gasteiger partial charge in [-0.2, -0.15) is 0 Å². The summed E-state index contributed by atoms with van der Waals surface area (Å²) in [6, 6.07) is 10.5. The topological polar surface area (TPSA) is 56.3 Å². The van der Waals surface area contributed by atoms with Crippen LogP contribution < -0.4 is 15.5 Å². The van der Waals surface area contributed by atoms with Gasteiger partial charge in [-0.1, -0.05) is 0 Å². The highest BCUT2D eigenvalue weighted by Gasteiger charge is 2.14. The van der Waals surface area contributed by atoms with Gasteiger partial charge in [0.05, 0.1) is 0 Å². The predicted molar refractivity (Wildman–Crippen MR) is 105 cm³/mol. The van der Waals surface area contributed by atoms with Gasteiger partial charge in [-0.15, -0.1) is 0 Å². The number of rotatable bonds is 4. The molecule has 1 aliphatic rings. The molecule has 3 rings (SSSR count). The molecule has 25 heavy (non-hydrogen) atoms. The van der Waals surface area contributed by atoms with Crippen LogP contribution in [0.25, 0.3) is 0 Å². The van der Waals surface area contributed by atoms with Crippen molar-refractivity contribution in [3.05, 3.63) is 36.7 Å². The standard InChI is InChI=1S/C19H28N6/c1-19(2,3)23-18-13-17(20-14-21-18)22-15-5-7-16(8-6-15)25-11-9-24(4)10-12-25/h5-8,13-14H,9-12H2,1-4H3,(H2,20,21,22,23). The molecule has 1 aromatic carbocycles. The molecule has 0 amide bonds. The monoisotopic (exact) mass is 340 g/mol. The van der Waals surface area contributed by atoms with Crippen LogP contribution >= 0.6 is 0 Å². The van der Waals surface area contributed by atoms with Crippen LogP contribution in [0.1, 0.15) is 20.8 Å². The van der Waals surface area contributed by atoms with Crippen LogP contribution in [0.4, 0.5) is 23.0 Å². The van der Waals surface area contributed by atoms with Crippen molar-refractivity contribution in [2.75, 3.05) is 48.8 Å². The molecule has 0 aliphatic carbocycles. The SMILES string of the molecule is CN1CCN(c2ccc(Nc3cc(NC(C)(C)C)ncn3)cc2)CC1. The molecule has 0 spiro atoms. The Morgan fingerprint density at radius 1 is 0.920 bits per heavy atom. The molecule has 1 fully saturated rings. The molecule has 0 bridgehead atoms. The Morgan fingerprint density at radius 3 is 2.20 bits per heavy atom. The second kappa shape index (κ2) is 7.27. The lowest BCUT2D eigenvalue weighted by atomic mass is 10.1.